The molecule has 23 heavy (non-hydrogen) atoms. The van der Waals surface area contributed by atoms with Crippen LogP contribution in [0.4, 0.5) is 0 Å². The smallest absolute Gasteiger partial charge is 0.253 e. The number of likely N-dealkylation sites (N-methyl/N-ethyl adjacent to an activating group) is 2. The lowest BCUT2D eigenvalue weighted by Crippen LogP contribution is -2.51. The van der Waals surface area contributed by atoms with E-state index in [4.69, 9.17) is 11.6 Å². The van der Waals surface area contributed by atoms with Gasteiger partial charge in [-0.1, -0.05) is 37.6 Å². The standard InChI is InChI=1S/C16H24ClN3O2.ClH/c1-11(2)14(16(22)20(4)10-9-18-3)19-15(21)12-7-5-6-8-13(12)17;/h5-8,11,14,18H,9-10H2,1-4H3,(H,19,21);1H. The SMILES string of the molecule is CNCCN(C)C(=O)C(NC(=O)c1ccccc1Cl)C(C)C.Cl. The molecule has 0 fully saturated rings. The number of nitrogens with zero attached hydrogens (tertiary/aromatic N) is 1. The van der Waals surface area contributed by atoms with E-state index in [-0.39, 0.29) is 30.1 Å². The fourth-order valence-corrected chi connectivity index (χ4v) is 2.23. The number of nitrogens with one attached hydrogen (secondary N) is 2. The highest BCUT2D eigenvalue weighted by Gasteiger charge is 2.27. The van der Waals surface area contributed by atoms with Crippen LogP contribution >= 0.6 is 24.0 Å². The number of benzene rings is 1. The average Bonchev–Trinajstić information content (AvgIpc) is 2.49. The van der Waals surface area contributed by atoms with E-state index in [0.29, 0.717) is 23.7 Å². The topological polar surface area (TPSA) is 61.4 Å². The van der Waals surface area contributed by atoms with Gasteiger partial charge in [0.05, 0.1) is 10.6 Å². The predicted octanol–water partition coefficient (Wildman–Crippen LogP) is 2.19. The summed E-state index contributed by atoms with van der Waals surface area (Å²) in [6.07, 6.45) is 0. The molecule has 2 N–H and O–H groups in total. The molecule has 1 aromatic carbocycles. The van der Waals surface area contributed by atoms with Crippen molar-refractivity contribution in [1.82, 2.24) is 15.5 Å². The molecule has 0 heterocycles. The zero-order chi connectivity index (χ0) is 16.7. The monoisotopic (exact) mass is 361 g/mol. The van der Waals surface area contributed by atoms with E-state index in [1.165, 1.54) is 0 Å². The number of amides is 2. The first-order chi connectivity index (χ1) is 10.4. The minimum Gasteiger partial charge on any atom is -0.343 e. The molecule has 1 aromatic rings. The molecule has 0 bridgehead atoms. The second-order valence-electron chi connectivity index (χ2n) is 5.54. The number of hydrogen-bond acceptors (Lipinski definition) is 3. The molecule has 0 aliphatic carbocycles. The van der Waals surface area contributed by atoms with Crippen molar-refractivity contribution in [3.63, 3.8) is 0 Å². The zero-order valence-electron chi connectivity index (χ0n) is 13.9. The van der Waals surface area contributed by atoms with Gasteiger partial charge in [0, 0.05) is 20.1 Å². The second kappa shape index (κ2) is 10.5. The summed E-state index contributed by atoms with van der Waals surface area (Å²) >= 11 is 6.03. The van der Waals surface area contributed by atoms with Crippen LogP contribution < -0.4 is 10.6 Å². The number of hydrogen-bond donors (Lipinski definition) is 2. The lowest BCUT2D eigenvalue weighted by Gasteiger charge is -2.27. The van der Waals surface area contributed by atoms with Crippen LogP contribution in [0.1, 0.15) is 24.2 Å². The van der Waals surface area contributed by atoms with Crippen LogP contribution in [-0.4, -0.2) is 49.9 Å². The van der Waals surface area contributed by atoms with Crippen molar-refractivity contribution < 1.29 is 9.59 Å². The first kappa shape index (κ1) is 21.7. The normalized spacial score (nSPS) is 11.6. The highest BCUT2D eigenvalue weighted by atomic mass is 35.5. The summed E-state index contributed by atoms with van der Waals surface area (Å²) in [5, 5.41) is 6.17. The van der Waals surface area contributed by atoms with E-state index in [0.717, 1.165) is 0 Å². The lowest BCUT2D eigenvalue weighted by molar-refractivity contribution is -0.132. The molecular formula is C16H25Cl2N3O2. The number of halogens is 2. The summed E-state index contributed by atoms with van der Waals surface area (Å²) in [4.78, 5) is 26.5. The fraction of sp³-hybridized carbons (Fsp3) is 0.500. The molecule has 0 radical (unpaired) electrons. The highest BCUT2D eigenvalue weighted by Crippen LogP contribution is 2.16. The van der Waals surface area contributed by atoms with E-state index in [2.05, 4.69) is 10.6 Å². The Bertz CT molecular complexity index is 524. The van der Waals surface area contributed by atoms with Gasteiger partial charge in [0.1, 0.15) is 6.04 Å². The molecule has 5 nitrogen and oxygen atoms in total. The second-order valence-corrected chi connectivity index (χ2v) is 5.95. The van der Waals surface area contributed by atoms with Gasteiger partial charge in [0.15, 0.2) is 0 Å². The maximum Gasteiger partial charge on any atom is 0.253 e. The van der Waals surface area contributed by atoms with E-state index in [1.54, 1.807) is 36.2 Å². The summed E-state index contributed by atoms with van der Waals surface area (Å²) in [7, 11) is 3.56. The van der Waals surface area contributed by atoms with Crippen molar-refractivity contribution >= 4 is 35.8 Å². The molecule has 0 saturated carbocycles. The Hall–Kier alpha value is -1.30. The highest BCUT2D eigenvalue weighted by molar-refractivity contribution is 6.33. The van der Waals surface area contributed by atoms with Gasteiger partial charge in [-0.2, -0.15) is 0 Å². The Morgan fingerprint density at radius 1 is 1.26 bits per heavy atom. The molecular weight excluding hydrogens is 337 g/mol. The maximum absolute atomic E-state index is 12.5. The van der Waals surface area contributed by atoms with Gasteiger partial charge in [0.2, 0.25) is 5.91 Å². The number of rotatable bonds is 7. The summed E-state index contributed by atoms with van der Waals surface area (Å²) in [5.41, 5.74) is 0.375. The van der Waals surface area contributed by atoms with Crippen molar-refractivity contribution in [2.24, 2.45) is 5.92 Å². The van der Waals surface area contributed by atoms with Crippen LogP contribution in [0, 0.1) is 5.92 Å². The maximum atomic E-state index is 12.5. The molecule has 1 rings (SSSR count). The Kier molecular flexibility index (Phi) is 9.88. The minimum absolute atomic E-state index is 0. The van der Waals surface area contributed by atoms with Gasteiger partial charge in [0.25, 0.3) is 5.91 Å². The largest absolute Gasteiger partial charge is 0.343 e. The predicted molar refractivity (Wildman–Crippen MR) is 96.4 cm³/mol. The van der Waals surface area contributed by atoms with Crippen LogP contribution in [0.2, 0.25) is 5.02 Å². The molecule has 1 atom stereocenters. The third-order valence-corrected chi connectivity index (χ3v) is 3.74. The molecule has 0 aromatic heterocycles. The fourth-order valence-electron chi connectivity index (χ4n) is 2.01. The summed E-state index contributed by atoms with van der Waals surface area (Å²) in [6, 6.07) is 6.22. The van der Waals surface area contributed by atoms with Crippen LogP contribution in [0.3, 0.4) is 0 Å². The third kappa shape index (κ3) is 6.37. The number of carbonyl (C=O) groups is 2. The van der Waals surface area contributed by atoms with Gasteiger partial charge in [-0.3, -0.25) is 9.59 Å². The lowest BCUT2D eigenvalue weighted by atomic mass is 10.0. The molecule has 130 valence electrons. The quantitative estimate of drug-likeness (QED) is 0.782. The van der Waals surface area contributed by atoms with Gasteiger partial charge in [-0.15, -0.1) is 12.4 Å². The average molecular weight is 362 g/mol. The van der Waals surface area contributed by atoms with Crippen molar-refractivity contribution in [2.75, 3.05) is 27.2 Å². The van der Waals surface area contributed by atoms with Crippen LogP contribution in [-0.2, 0) is 4.79 Å². The molecule has 0 aliphatic rings. The summed E-state index contributed by atoms with van der Waals surface area (Å²) in [6.45, 7) is 5.09. The van der Waals surface area contributed by atoms with Crippen molar-refractivity contribution in [2.45, 2.75) is 19.9 Å². The molecule has 1 unspecified atom stereocenters. The van der Waals surface area contributed by atoms with Crippen LogP contribution in [0.15, 0.2) is 24.3 Å². The van der Waals surface area contributed by atoms with Gasteiger partial charge >= 0.3 is 0 Å². The molecule has 0 spiro atoms. The van der Waals surface area contributed by atoms with Crippen molar-refractivity contribution in [3.05, 3.63) is 34.9 Å². The van der Waals surface area contributed by atoms with E-state index >= 15 is 0 Å². The van der Waals surface area contributed by atoms with Gasteiger partial charge in [-0.25, -0.2) is 0 Å². The van der Waals surface area contributed by atoms with E-state index < -0.39 is 6.04 Å². The van der Waals surface area contributed by atoms with E-state index in [1.807, 2.05) is 20.9 Å². The van der Waals surface area contributed by atoms with Crippen LogP contribution in [0.5, 0.6) is 0 Å². The molecule has 2 amide bonds. The van der Waals surface area contributed by atoms with E-state index in [9.17, 15) is 9.59 Å². The van der Waals surface area contributed by atoms with Crippen LogP contribution in [0.25, 0.3) is 0 Å². The molecule has 0 saturated heterocycles. The zero-order valence-corrected chi connectivity index (χ0v) is 15.5. The third-order valence-electron chi connectivity index (χ3n) is 3.41. The first-order valence-corrected chi connectivity index (χ1v) is 7.71. The Morgan fingerprint density at radius 2 is 1.87 bits per heavy atom. The molecule has 7 heteroatoms. The Labute approximate surface area is 149 Å². The number of carbonyl (C=O) groups excluding carboxylic acids is 2. The Morgan fingerprint density at radius 3 is 2.39 bits per heavy atom. The first-order valence-electron chi connectivity index (χ1n) is 7.33. The molecule has 0 aliphatic heterocycles. The minimum atomic E-state index is -0.578. The van der Waals surface area contributed by atoms with Crippen molar-refractivity contribution in [1.29, 1.82) is 0 Å². The Balaban J connectivity index is 0.00000484. The summed E-state index contributed by atoms with van der Waals surface area (Å²) < 4.78 is 0. The van der Waals surface area contributed by atoms with Crippen molar-refractivity contribution in [3.8, 4) is 0 Å². The van der Waals surface area contributed by atoms with Gasteiger partial charge in [-0.05, 0) is 25.1 Å². The summed E-state index contributed by atoms with van der Waals surface area (Å²) in [5.74, 6) is -0.457. The van der Waals surface area contributed by atoms with Gasteiger partial charge < -0.3 is 15.5 Å².